The fourth-order valence-electron chi connectivity index (χ4n) is 2.13. The third kappa shape index (κ3) is 4.74. The Morgan fingerprint density at radius 2 is 2.00 bits per heavy atom. The zero-order valence-corrected chi connectivity index (χ0v) is 14.9. The number of hydrogen-bond donors (Lipinski definition) is 2. The number of benzene rings is 2. The number of aryl methyl sites for hydroxylation is 1. The van der Waals surface area contributed by atoms with E-state index < -0.39 is 4.92 Å². The average molecular weight is 358 g/mol. The second-order valence-corrected chi connectivity index (χ2v) is 5.63. The molecule has 0 aliphatic rings. The largest absolute Gasteiger partial charge is 0.495 e. The van der Waals surface area contributed by atoms with Crippen molar-refractivity contribution in [3.05, 3.63) is 63.7 Å². The van der Waals surface area contributed by atoms with E-state index in [-0.39, 0.29) is 10.8 Å². The van der Waals surface area contributed by atoms with Crippen LogP contribution in [-0.4, -0.2) is 22.9 Å². The molecule has 0 atom stereocenters. The predicted octanol–water partition coefficient (Wildman–Crippen LogP) is 3.62. The second kappa shape index (κ2) is 8.20. The van der Waals surface area contributed by atoms with Gasteiger partial charge in [0.15, 0.2) is 5.11 Å². The van der Waals surface area contributed by atoms with Gasteiger partial charge in [-0.05, 0) is 38.2 Å². The van der Waals surface area contributed by atoms with Crippen LogP contribution in [0.4, 0.5) is 11.4 Å². The molecule has 0 saturated carbocycles. The van der Waals surface area contributed by atoms with E-state index in [2.05, 4.69) is 15.8 Å². The van der Waals surface area contributed by atoms with E-state index in [1.54, 1.807) is 33.1 Å². The molecule has 8 heteroatoms. The molecule has 0 amide bonds. The first-order valence-electron chi connectivity index (χ1n) is 7.42. The lowest BCUT2D eigenvalue weighted by Gasteiger charge is -2.11. The second-order valence-electron chi connectivity index (χ2n) is 5.22. The van der Waals surface area contributed by atoms with Crippen molar-refractivity contribution in [1.29, 1.82) is 0 Å². The van der Waals surface area contributed by atoms with Crippen molar-refractivity contribution in [2.24, 2.45) is 5.10 Å². The number of anilines is 1. The highest BCUT2D eigenvalue weighted by Gasteiger charge is 2.12. The highest BCUT2D eigenvalue weighted by molar-refractivity contribution is 7.80. The fraction of sp³-hybridized carbons (Fsp3) is 0.176. The molecule has 0 spiro atoms. The maximum absolute atomic E-state index is 11.0. The molecule has 2 aromatic carbocycles. The molecule has 0 unspecified atom stereocenters. The summed E-state index contributed by atoms with van der Waals surface area (Å²) in [5.74, 6) is 0.654. The minimum Gasteiger partial charge on any atom is -0.495 e. The minimum absolute atomic E-state index is 0.0572. The van der Waals surface area contributed by atoms with Crippen molar-refractivity contribution >= 4 is 34.4 Å². The highest BCUT2D eigenvalue weighted by Crippen LogP contribution is 2.23. The molecule has 2 N–H and O–H groups in total. The molecule has 0 aliphatic heterocycles. The number of para-hydroxylation sites is 2. The van der Waals surface area contributed by atoms with Gasteiger partial charge < -0.3 is 10.1 Å². The summed E-state index contributed by atoms with van der Waals surface area (Å²) in [5, 5.41) is 18.5. The molecule has 7 nitrogen and oxygen atoms in total. The molecule has 0 bridgehead atoms. The van der Waals surface area contributed by atoms with Gasteiger partial charge in [-0.3, -0.25) is 15.5 Å². The monoisotopic (exact) mass is 358 g/mol. The SMILES string of the molecule is COc1ccccc1NC(=S)NN=C(C)c1ccc(C)c([N+](=O)[O-])c1. The normalized spacial score (nSPS) is 10.9. The van der Waals surface area contributed by atoms with E-state index in [0.717, 1.165) is 0 Å². The van der Waals surface area contributed by atoms with Crippen molar-refractivity contribution in [3.8, 4) is 5.75 Å². The van der Waals surface area contributed by atoms with Gasteiger partial charge in [0, 0.05) is 17.2 Å². The Balaban J connectivity index is 2.09. The van der Waals surface area contributed by atoms with Crippen LogP contribution in [0.3, 0.4) is 0 Å². The number of nitro benzene ring substituents is 1. The number of nitrogens with zero attached hydrogens (tertiary/aromatic N) is 2. The van der Waals surface area contributed by atoms with E-state index in [9.17, 15) is 10.1 Å². The van der Waals surface area contributed by atoms with Gasteiger partial charge in [0.25, 0.3) is 5.69 Å². The van der Waals surface area contributed by atoms with Gasteiger partial charge in [0.05, 0.1) is 23.4 Å². The average Bonchev–Trinajstić information content (AvgIpc) is 2.60. The zero-order valence-electron chi connectivity index (χ0n) is 14.1. The van der Waals surface area contributed by atoms with Gasteiger partial charge in [-0.2, -0.15) is 5.10 Å². The zero-order chi connectivity index (χ0) is 18.4. The summed E-state index contributed by atoms with van der Waals surface area (Å²) in [7, 11) is 1.57. The maximum Gasteiger partial charge on any atom is 0.272 e. The Hall–Kier alpha value is -3.00. The molecule has 25 heavy (non-hydrogen) atoms. The molecule has 0 heterocycles. The smallest absolute Gasteiger partial charge is 0.272 e. The number of rotatable bonds is 5. The summed E-state index contributed by atoms with van der Waals surface area (Å²) in [5.41, 5.74) is 5.31. The van der Waals surface area contributed by atoms with Gasteiger partial charge in [-0.1, -0.05) is 24.3 Å². The topological polar surface area (TPSA) is 88.8 Å². The van der Waals surface area contributed by atoms with E-state index in [0.29, 0.717) is 28.3 Å². The Kier molecular flexibility index (Phi) is 6.02. The van der Waals surface area contributed by atoms with E-state index >= 15 is 0 Å². The predicted molar refractivity (Wildman–Crippen MR) is 102 cm³/mol. The Labute approximate surface area is 150 Å². The molecular formula is C17H18N4O3S. The van der Waals surface area contributed by atoms with Crippen molar-refractivity contribution in [3.63, 3.8) is 0 Å². The lowest BCUT2D eigenvalue weighted by atomic mass is 10.1. The molecule has 2 aromatic rings. The third-order valence-corrected chi connectivity index (χ3v) is 3.70. The first-order chi connectivity index (χ1) is 11.9. The van der Waals surface area contributed by atoms with Crippen LogP contribution in [0.15, 0.2) is 47.6 Å². The molecule has 130 valence electrons. The van der Waals surface area contributed by atoms with Gasteiger partial charge in [0.2, 0.25) is 0 Å². The maximum atomic E-state index is 11.0. The van der Waals surface area contributed by atoms with Crippen LogP contribution >= 0.6 is 12.2 Å². The number of nitrogens with one attached hydrogen (secondary N) is 2. The molecule has 0 saturated heterocycles. The summed E-state index contributed by atoms with van der Waals surface area (Å²) >= 11 is 5.21. The summed E-state index contributed by atoms with van der Waals surface area (Å²) in [6.07, 6.45) is 0. The van der Waals surface area contributed by atoms with Crippen molar-refractivity contribution in [1.82, 2.24) is 5.43 Å². The first-order valence-corrected chi connectivity index (χ1v) is 7.83. The van der Waals surface area contributed by atoms with Crippen LogP contribution in [-0.2, 0) is 0 Å². The fourth-order valence-corrected chi connectivity index (χ4v) is 2.28. The number of hydrazone groups is 1. The number of thiocarbonyl (C=S) groups is 1. The number of methoxy groups -OCH3 is 1. The highest BCUT2D eigenvalue weighted by atomic mass is 32.1. The summed E-state index contributed by atoms with van der Waals surface area (Å²) in [6, 6.07) is 12.3. The molecule has 0 fully saturated rings. The van der Waals surface area contributed by atoms with Gasteiger partial charge in [-0.25, -0.2) is 0 Å². The Morgan fingerprint density at radius 3 is 2.68 bits per heavy atom. The van der Waals surface area contributed by atoms with Crippen molar-refractivity contribution < 1.29 is 9.66 Å². The lowest BCUT2D eigenvalue weighted by Crippen LogP contribution is -2.25. The first kappa shape index (κ1) is 18.3. The standard InChI is InChI=1S/C17H18N4O3S/c1-11-8-9-13(10-15(11)21(22)23)12(2)19-20-17(25)18-14-6-4-5-7-16(14)24-3/h4-10H,1-3H3,(H2,18,20,25). The Bertz CT molecular complexity index is 836. The molecule has 0 radical (unpaired) electrons. The molecule has 0 aliphatic carbocycles. The van der Waals surface area contributed by atoms with E-state index in [1.807, 2.05) is 24.3 Å². The Morgan fingerprint density at radius 1 is 1.28 bits per heavy atom. The number of hydrogen-bond acceptors (Lipinski definition) is 5. The van der Waals surface area contributed by atoms with Crippen LogP contribution in [0, 0.1) is 17.0 Å². The van der Waals surface area contributed by atoms with Crippen LogP contribution < -0.4 is 15.5 Å². The van der Waals surface area contributed by atoms with Crippen LogP contribution in [0.1, 0.15) is 18.1 Å². The molecular weight excluding hydrogens is 340 g/mol. The summed E-state index contributed by atoms with van der Waals surface area (Å²) < 4.78 is 5.24. The van der Waals surface area contributed by atoms with Crippen LogP contribution in [0.2, 0.25) is 0 Å². The summed E-state index contributed by atoms with van der Waals surface area (Å²) in [4.78, 5) is 10.6. The van der Waals surface area contributed by atoms with E-state index in [4.69, 9.17) is 17.0 Å². The summed E-state index contributed by atoms with van der Waals surface area (Å²) in [6.45, 7) is 3.44. The third-order valence-electron chi connectivity index (χ3n) is 3.50. The number of nitro groups is 1. The van der Waals surface area contributed by atoms with Crippen LogP contribution in [0.5, 0.6) is 5.75 Å². The van der Waals surface area contributed by atoms with Gasteiger partial charge in [-0.15, -0.1) is 0 Å². The van der Waals surface area contributed by atoms with Crippen molar-refractivity contribution in [2.45, 2.75) is 13.8 Å². The lowest BCUT2D eigenvalue weighted by molar-refractivity contribution is -0.385. The van der Waals surface area contributed by atoms with Gasteiger partial charge in [0.1, 0.15) is 5.75 Å². The molecule has 2 rings (SSSR count). The van der Waals surface area contributed by atoms with Crippen molar-refractivity contribution in [2.75, 3.05) is 12.4 Å². The quantitative estimate of drug-likeness (QED) is 0.367. The van der Waals surface area contributed by atoms with Gasteiger partial charge >= 0.3 is 0 Å². The minimum atomic E-state index is -0.409. The molecule has 0 aromatic heterocycles. The van der Waals surface area contributed by atoms with Crippen LogP contribution in [0.25, 0.3) is 0 Å². The van der Waals surface area contributed by atoms with E-state index in [1.165, 1.54) is 6.07 Å². The number of ether oxygens (including phenoxy) is 1.